The maximum Gasteiger partial charge on any atom is 0.193 e. The minimum atomic E-state index is 0.0256. The third-order valence-corrected chi connectivity index (χ3v) is 3.30. The molecule has 0 spiro atoms. The average Bonchev–Trinajstić information content (AvgIpc) is 2.41. The van der Waals surface area contributed by atoms with Crippen LogP contribution in [0.1, 0.15) is 34.0 Å². The summed E-state index contributed by atoms with van der Waals surface area (Å²) in [5.74, 6) is 0.0256. The number of hydrogen-bond donors (Lipinski definition) is 0. The van der Waals surface area contributed by atoms with E-state index >= 15 is 0 Å². The Hall–Kier alpha value is -1.60. The fourth-order valence-electron chi connectivity index (χ4n) is 1.89. The van der Waals surface area contributed by atoms with E-state index in [1.54, 1.807) is 12.1 Å². The van der Waals surface area contributed by atoms with E-state index in [1.165, 1.54) is 5.56 Å². The summed E-state index contributed by atoms with van der Waals surface area (Å²) >= 11 is 5.94. The van der Waals surface area contributed by atoms with Crippen molar-refractivity contribution in [2.45, 2.75) is 20.3 Å². The minimum absolute atomic E-state index is 0.0256. The number of carbonyl (C=O) groups excluding carboxylic acids is 1. The van der Waals surface area contributed by atoms with Gasteiger partial charge in [-0.2, -0.15) is 0 Å². The number of carbonyl (C=O) groups is 1. The molecule has 92 valence electrons. The zero-order valence-electron chi connectivity index (χ0n) is 10.5. The van der Waals surface area contributed by atoms with Gasteiger partial charge in [0.15, 0.2) is 5.78 Å². The maximum absolute atomic E-state index is 12.4. The molecule has 0 atom stereocenters. The molecule has 2 aromatic rings. The van der Waals surface area contributed by atoms with Crippen LogP contribution >= 0.6 is 11.6 Å². The van der Waals surface area contributed by atoms with Crippen LogP contribution in [0.5, 0.6) is 0 Å². The van der Waals surface area contributed by atoms with E-state index < -0.39 is 0 Å². The molecule has 0 unspecified atom stereocenters. The van der Waals surface area contributed by atoms with Crippen LogP contribution in [0.2, 0.25) is 5.02 Å². The molecule has 0 aliphatic heterocycles. The molecule has 0 fully saturated rings. The van der Waals surface area contributed by atoms with E-state index in [0.717, 1.165) is 12.0 Å². The summed E-state index contributed by atoms with van der Waals surface area (Å²) in [6.07, 6.45) is 0.977. The van der Waals surface area contributed by atoms with Gasteiger partial charge < -0.3 is 0 Å². The molecule has 0 aromatic heterocycles. The fourth-order valence-corrected chi connectivity index (χ4v) is 2.06. The summed E-state index contributed by atoms with van der Waals surface area (Å²) in [4.78, 5) is 12.4. The first kappa shape index (κ1) is 12.8. The number of hydrogen-bond acceptors (Lipinski definition) is 1. The Kier molecular flexibility index (Phi) is 3.83. The van der Waals surface area contributed by atoms with Gasteiger partial charge in [0.25, 0.3) is 0 Å². The lowest BCUT2D eigenvalue weighted by atomic mass is 9.98. The Balaban J connectivity index is 2.38. The van der Waals surface area contributed by atoms with Crippen molar-refractivity contribution in [3.63, 3.8) is 0 Å². The zero-order valence-corrected chi connectivity index (χ0v) is 11.3. The van der Waals surface area contributed by atoms with Crippen LogP contribution in [0.4, 0.5) is 0 Å². The Morgan fingerprint density at radius 2 is 1.78 bits per heavy atom. The van der Waals surface area contributed by atoms with Gasteiger partial charge in [-0.3, -0.25) is 4.79 Å². The van der Waals surface area contributed by atoms with E-state index in [4.69, 9.17) is 11.6 Å². The molecule has 0 saturated heterocycles. The van der Waals surface area contributed by atoms with Crippen LogP contribution in [0, 0.1) is 6.92 Å². The Bertz CT molecular complexity index is 570. The third kappa shape index (κ3) is 2.62. The molecular formula is C16H15ClO. The molecule has 0 saturated carbocycles. The molecule has 0 amide bonds. The maximum atomic E-state index is 12.4. The molecule has 0 heterocycles. The summed E-state index contributed by atoms with van der Waals surface area (Å²) in [7, 11) is 0. The summed E-state index contributed by atoms with van der Waals surface area (Å²) in [6, 6.07) is 13.1. The molecule has 0 aliphatic rings. The van der Waals surface area contributed by atoms with E-state index in [-0.39, 0.29) is 5.78 Å². The summed E-state index contributed by atoms with van der Waals surface area (Å²) in [5, 5.41) is 0.592. The van der Waals surface area contributed by atoms with E-state index in [1.807, 2.05) is 37.3 Å². The van der Waals surface area contributed by atoms with E-state index in [9.17, 15) is 4.79 Å². The third-order valence-electron chi connectivity index (χ3n) is 3.07. The van der Waals surface area contributed by atoms with Crippen LogP contribution in [0.25, 0.3) is 0 Å². The van der Waals surface area contributed by atoms with Crippen molar-refractivity contribution in [3.05, 3.63) is 69.7 Å². The Morgan fingerprint density at radius 1 is 1.11 bits per heavy atom. The fraction of sp³-hybridized carbons (Fsp3) is 0.188. The van der Waals surface area contributed by atoms with Crippen LogP contribution in [0.15, 0.2) is 42.5 Å². The lowest BCUT2D eigenvalue weighted by Gasteiger charge is -2.06. The van der Waals surface area contributed by atoms with Gasteiger partial charge in [-0.15, -0.1) is 0 Å². The van der Waals surface area contributed by atoms with Gasteiger partial charge >= 0.3 is 0 Å². The number of aryl methyl sites for hydroxylation is 2. The van der Waals surface area contributed by atoms with Crippen LogP contribution in [0.3, 0.4) is 0 Å². The lowest BCUT2D eigenvalue weighted by molar-refractivity contribution is 0.103. The summed E-state index contributed by atoms with van der Waals surface area (Å²) in [6.45, 7) is 4.02. The van der Waals surface area contributed by atoms with E-state index in [2.05, 4.69) is 6.92 Å². The van der Waals surface area contributed by atoms with Gasteiger partial charge in [0.1, 0.15) is 0 Å². The largest absolute Gasteiger partial charge is 0.289 e. The standard InChI is InChI=1S/C16H15ClO/c1-3-12-5-7-13(8-6-12)16(18)15-10-14(17)9-4-11(15)2/h4-10H,3H2,1-2H3. The first-order valence-corrected chi connectivity index (χ1v) is 6.39. The molecule has 18 heavy (non-hydrogen) atoms. The van der Waals surface area contributed by atoms with Gasteiger partial charge in [-0.1, -0.05) is 48.9 Å². The Labute approximate surface area is 112 Å². The highest BCUT2D eigenvalue weighted by atomic mass is 35.5. The number of ketones is 1. The monoisotopic (exact) mass is 258 g/mol. The topological polar surface area (TPSA) is 17.1 Å². The lowest BCUT2D eigenvalue weighted by Crippen LogP contribution is -2.03. The number of halogens is 1. The summed E-state index contributed by atoms with van der Waals surface area (Å²) in [5.41, 5.74) is 3.56. The number of benzene rings is 2. The molecule has 2 aromatic carbocycles. The van der Waals surface area contributed by atoms with Gasteiger partial charge in [-0.05, 0) is 36.6 Å². The number of rotatable bonds is 3. The molecule has 2 rings (SSSR count). The van der Waals surface area contributed by atoms with Gasteiger partial charge in [0, 0.05) is 16.1 Å². The van der Waals surface area contributed by atoms with Crippen LogP contribution in [-0.4, -0.2) is 5.78 Å². The van der Waals surface area contributed by atoms with Gasteiger partial charge in [-0.25, -0.2) is 0 Å². The molecule has 0 N–H and O–H groups in total. The Morgan fingerprint density at radius 3 is 2.39 bits per heavy atom. The second-order valence-electron chi connectivity index (χ2n) is 4.34. The highest BCUT2D eigenvalue weighted by molar-refractivity contribution is 6.31. The van der Waals surface area contributed by atoms with Crippen molar-refractivity contribution in [1.82, 2.24) is 0 Å². The molecule has 2 heteroatoms. The van der Waals surface area contributed by atoms with Crippen molar-refractivity contribution < 1.29 is 4.79 Å². The predicted molar refractivity (Wildman–Crippen MR) is 75.4 cm³/mol. The minimum Gasteiger partial charge on any atom is -0.289 e. The highest BCUT2D eigenvalue weighted by Crippen LogP contribution is 2.19. The first-order chi connectivity index (χ1) is 8.61. The van der Waals surface area contributed by atoms with Crippen molar-refractivity contribution in [3.8, 4) is 0 Å². The average molecular weight is 259 g/mol. The van der Waals surface area contributed by atoms with Crippen LogP contribution in [-0.2, 0) is 6.42 Å². The molecule has 0 bridgehead atoms. The van der Waals surface area contributed by atoms with Crippen molar-refractivity contribution >= 4 is 17.4 Å². The first-order valence-electron chi connectivity index (χ1n) is 6.01. The normalized spacial score (nSPS) is 10.4. The van der Waals surface area contributed by atoms with Gasteiger partial charge in [0.2, 0.25) is 0 Å². The van der Waals surface area contributed by atoms with Gasteiger partial charge in [0.05, 0.1) is 0 Å². The molecule has 1 nitrogen and oxygen atoms in total. The zero-order chi connectivity index (χ0) is 13.1. The SMILES string of the molecule is CCc1ccc(C(=O)c2cc(Cl)ccc2C)cc1. The predicted octanol–water partition coefficient (Wildman–Crippen LogP) is 4.44. The van der Waals surface area contributed by atoms with Crippen LogP contribution < -0.4 is 0 Å². The summed E-state index contributed by atoms with van der Waals surface area (Å²) < 4.78 is 0. The quantitative estimate of drug-likeness (QED) is 0.744. The highest BCUT2D eigenvalue weighted by Gasteiger charge is 2.11. The van der Waals surface area contributed by atoms with E-state index in [0.29, 0.717) is 16.1 Å². The van der Waals surface area contributed by atoms with Crippen molar-refractivity contribution in [1.29, 1.82) is 0 Å². The second kappa shape index (κ2) is 5.36. The molecule has 0 radical (unpaired) electrons. The molecular weight excluding hydrogens is 244 g/mol. The second-order valence-corrected chi connectivity index (χ2v) is 4.78. The molecule has 0 aliphatic carbocycles. The van der Waals surface area contributed by atoms with Crippen molar-refractivity contribution in [2.75, 3.05) is 0 Å². The van der Waals surface area contributed by atoms with Crippen molar-refractivity contribution in [2.24, 2.45) is 0 Å². The smallest absolute Gasteiger partial charge is 0.193 e.